The number of carbonyl (C=O) groups is 1. The molecule has 0 bridgehead atoms. The number of nitrogens with one attached hydrogen (secondary N) is 1. The number of hydrogen-bond donors (Lipinski definition) is 1. The third-order valence-electron chi connectivity index (χ3n) is 3.39. The number of carbonyl (C=O) groups excluding carboxylic acids is 1. The molecule has 0 amide bonds. The Hall–Kier alpha value is -1.55. The molecule has 0 saturated carbocycles. The number of unbranched alkanes of at least 4 members (excludes halogenated alkanes) is 2. The zero-order chi connectivity index (χ0) is 15.5. The first kappa shape index (κ1) is 17.5. The summed E-state index contributed by atoms with van der Waals surface area (Å²) in [4.78, 5) is 11.2. The fraction of sp³-hybridized carbons (Fsp3) is 0.588. The Labute approximate surface area is 127 Å². The molecule has 4 heteroatoms. The topological polar surface area (TPSA) is 47.6 Å². The number of hydrogen-bond acceptors (Lipinski definition) is 4. The van der Waals surface area contributed by atoms with E-state index in [-0.39, 0.29) is 5.97 Å². The largest absolute Gasteiger partial charge is 0.494 e. The molecule has 0 aliphatic carbocycles. The maximum absolute atomic E-state index is 11.2. The third-order valence-corrected chi connectivity index (χ3v) is 3.39. The molecule has 1 aromatic rings. The van der Waals surface area contributed by atoms with Crippen molar-refractivity contribution in [2.24, 2.45) is 0 Å². The minimum absolute atomic E-state index is 0.104. The smallest absolute Gasteiger partial charge is 0.305 e. The van der Waals surface area contributed by atoms with Crippen molar-refractivity contribution in [3.8, 4) is 5.75 Å². The second-order valence-corrected chi connectivity index (χ2v) is 5.05. The van der Waals surface area contributed by atoms with E-state index in [2.05, 4.69) is 24.4 Å². The maximum atomic E-state index is 11.2. The van der Waals surface area contributed by atoms with E-state index in [1.165, 1.54) is 5.56 Å². The van der Waals surface area contributed by atoms with Crippen LogP contribution in [0.5, 0.6) is 5.75 Å². The molecule has 1 aromatic carbocycles. The van der Waals surface area contributed by atoms with E-state index in [9.17, 15) is 4.79 Å². The lowest BCUT2D eigenvalue weighted by molar-refractivity contribution is -0.143. The van der Waals surface area contributed by atoms with Crippen LogP contribution in [0.15, 0.2) is 24.3 Å². The van der Waals surface area contributed by atoms with Crippen molar-refractivity contribution in [1.82, 2.24) is 5.32 Å². The normalized spacial score (nSPS) is 12.0. The fourth-order valence-corrected chi connectivity index (χ4v) is 2.01. The van der Waals surface area contributed by atoms with Gasteiger partial charge in [-0.05, 0) is 57.9 Å². The molecule has 0 fully saturated rings. The van der Waals surface area contributed by atoms with Crippen LogP contribution in [0.25, 0.3) is 0 Å². The van der Waals surface area contributed by atoms with Gasteiger partial charge in [-0.1, -0.05) is 12.1 Å². The SMILES string of the molecule is CCOC(=O)CCCCCOc1cccc(C(C)NC)c1. The molecule has 1 rings (SSSR count). The van der Waals surface area contributed by atoms with Crippen molar-refractivity contribution >= 4 is 5.97 Å². The van der Waals surface area contributed by atoms with E-state index in [1.807, 2.05) is 26.1 Å². The Morgan fingerprint density at radius 2 is 2.10 bits per heavy atom. The first-order chi connectivity index (χ1) is 10.2. The first-order valence-corrected chi connectivity index (χ1v) is 7.73. The first-order valence-electron chi connectivity index (χ1n) is 7.73. The summed E-state index contributed by atoms with van der Waals surface area (Å²) in [6.07, 6.45) is 3.29. The molecule has 1 N–H and O–H groups in total. The number of ether oxygens (including phenoxy) is 2. The Morgan fingerprint density at radius 1 is 1.29 bits per heavy atom. The van der Waals surface area contributed by atoms with Gasteiger partial charge in [-0.25, -0.2) is 0 Å². The van der Waals surface area contributed by atoms with Gasteiger partial charge in [0.05, 0.1) is 13.2 Å². The average Bonchev–Trinajstić information content (AvgIpc) is 2.50. The minimum atomic E-state index is -0.104. The van der Waals surface area contributed by atoms with Gasteiger partial charge in [0.2, 0.25) is 0 Å². The second kappa shape index (κ2) is 10.2. The molecule has 0 heterocycles. The van der Waals surface area contributed by atoms with E-state index < -0.39 is 0 Å². The lowest BCUT2D eigenvalue weighted by Gasteiger charge is -2.12. The van der Waals surface area contributed by atoms with Crippen LogP contribution in [-0.4, -0.2) is 26.2 Å². The summed E-state index contributed by atoms with van der Waals surface area (Å²) in [5.74, 6) is 0.798. The highest BCUT2D eigenvalue weighted by atomic mass is 16.5. The molecule has 0 aliphatic rings. The molecular weight excluding hydrogens is 266 g/mol. The molecule has 0 aliphatic heterocycles. The lowest BCUT2D eigenvalue weighted by atomic mass is 10.1. The van der Waals surface area contributed by atoms with E-state index in [0.717, 1.165) is 25.0 Å². The van der Waals surface area contributed by atoms with Crippen LogP contribution in [-0.2, 0) is 9.53 Å². The number of rotatable bonds is 10. The highest BCUT2D eigenvalue weighted by Crippen LogP contribution is 2.19. The van der Waals surface area contributed by atoms with Gasteiger partial charge in [0.25, 0.3) is 0 Å². The highest BCUT2D eigenvalue weighted by molar-refractivity contribution is 5.69. The summed E-state index contributed by atoms with van der Waals surface area (Å²) in [5.41, 5.74) is 1.22. The van der Waals surface area contributed by atoms with Gasteiger partial charge >= 0.3 is 5.97 Å². The van der Waals surface area contributed by atoms with Gasteiger partial charge in [-0.15, -0.1) is 0 Å². The summed E-state index contributed by atoms with van der Waals surface area (Å²) in [5, 5.41) is 3.21. The molecule has 4 nitrogen and oxygen atoms in total. The fourth-order valence-electron chi connectivity index (χ4n) is 2.01. The third kappa shape index (κ3) is 7.14. The van der Waals surface area contributed by atoms with E-state index in [0.29, 0.717) is 25.7 Å². The van der Waals surface area contributed by atoms with E-state index in [1.54, 1.807) is 0 Å². The molecule has 21 heavy (non-hydrogen) atoms. The van der Waals surface area contributed by atoms with Crippen molar-refractivity contribution in [3.05, 3.63) is 29.8 Å². The maximum Gasteiger partial charge on any atom is 0.305 e. The second-order valence-electron chi connectivity index (χ2n) is 5.05. The summed E-state index contributed by atoms with van der Waals surface area (Å²) < 4.78 is 10.6. The van der Waals surface area contributed by atoms with Crippen LogP contribution in [0.1, 0.15) is 51.1 Å². The van der Waals surface area contributed by atoms with Crippen LogP contribution in [0, 0.1) is 0 Å². The molecule has 0 aromatic heterocycles. The minimum Gasteiger partial charge on any atom is -0.494 e. The summed E-state index contributed by atoms with van der Waals surface area (Å²) in [6, 6.07) is 8.47. The van der Waals surface area contributed by atoms with Crippen LogP contribution >= 0.6 is 0 Å². The molecule has 118 valence electrons. The Bertz CT molecular complexity index is 420. The molecule has 1 atom stereocenters. The number of benzene rings is 1. The van der Waals surface area contributed by atoms with Crippen LogP contribution in [0.2, 0.25) is 0 Å². The summed E-state index contributed by atoms with van der Waals surface area (Å²) in [6.45, 7) is 5.09. The Morgan fingerprint density at radius 3 is 2.81 bits per heavy atom. The predicted molar refractivity (Wildman–Crippen MR) is 84.5 cm³/mol. The van der Waals surface area contributed by atoms with Gasteiger partial charge in [0.1, 0.15) is 5.75 Å². The van der Waals surface area contributed by atoms with Crippen molar-refractivity contribution in [3.63, 3.8) is 0 Å². The zero-order valence-electron chi connectivity index (χ0n) is 13.4. The van der Waals surface area contributed by atoms with Gasteiger partial charge in [0.15, 0.2) is 0 Å². The lowest BCUT2D eigenvalue weighted by Crippen LogP contribution is -2.12. The molecule has 0 radical (unpaired) electrons. The van der Waals surface area contributed by atoms with Gasteiger partial charge in [0, 0.05) is 12.5 Å². The van der Waals surface area contributed by atoms with Gasteiger partial charge in [-0.2, -0.15) is 0 Å². The molecule has 1 unspecified atom stereocenters. The monoisotopic (exact) mass is 293 g/mol. The quantitative estimate of drug-likeness (QED) is 0.530. The van der Waals surface area contributed by atoms with Crippen LogP contribution < -0.4 is 10.1 Å². The van der Waals surface area contributed by atoms with Crippen molar-refractivity contribution in [2.45, 2.75) is 45.6 Å². The standard InChI is InChI=1S/C17H27NO3/c1-4-20-17(19)11-6-5-7-12-21-16-10-8-9-15(13-16)14(2)18-3/h8-10,13-14,18H,4-7,11-12H2,1-3H3. The average molecular weight is 293 g/mol. The highest BCUT2D eigenvalue weighted by Gasteiger charge is 2.04. The van der Waals surface area contributed by atoms with Crippen LogP contribution in [0.4, 0.5) is 0 Å². The van der Waals surface area contributed by atoms with E-state index in [4.69, 9.17) is 9.47 Å². The molecule has 0 spiro atoms. The molecule has 0 saturated heterocycles. The summed E-state index contributed by atoms with van der Waals surface area (Å²) >= 11 is 0. The number of esters is 1. The van der Waals surface area contributed by atoms with Crippen molar-refractivity contribution in [1.29, 1.82) is 0 Å². The van der Waals surface area contributed by atoms with Gasteiger partial charge < -0.3 is 14.8 Å². The molecular formula is C17H27NO3. The van der Waals surface area contributed by atoms with Crippen molar-refractivity contribution in [2.75, 3.05) is 20.3 Å². The Kier molecular flexibility index (Phi) is 8.51. The van der Waals surface area contributed by atoms with Crippen LogP contribution in [0.3, 0.4) is 0 Å². The van der Waals surface area contributed by atoms with Crippen molar-refractivity contribution < 1.29 is 14.3 Å². The predicted octanol–water partition coefficient (Wildman–Crippen LogP) is 3.47. The van der Waals surface area contributed by atoms with E-state index >= 15 is 0 Å². The summed E-state index contributed by atoms with van der Waals surface area (Å²) in [7, 11) is 1.95. The zero-order valence-corrected chi connectivity index (χ0v) is 13.4. The Balaban J connectivity index is 2.19. The van der Waals surface area contributed by atoms with Gasteiger partial charge in [-0.3, -0.25) is 4.79 Å².